The summed E-state index contributed by atoms with van der Waals surface area (Å²) in [4.78, 5) is 22.9. The molecule has 0 aromatic rings. The van der Waals surface area contributed by atoms with Crippen LogP contribution in [0.5, 0.6) is 0 Å². The summed E-state index contributed by atoms with van der Waals surface area (Å²) in [6.07, 6.45) is 2.37. The Hall–Kier alpha value is -0.710. The second-order valence-corrected chi connectivity index (χ2v) is 6.90. The van der Waals surface area contributed by atoms with E-state index in [0.717, 1.165) is 6.42 Å². The first-order valence-electron chi connectivity index (χ1n) is 6.06. The summed E-state index contributed by atoms with van der Waals surface area (Å²) in [7, 11) is 0. The van der Waals surface area contributed by atoms with Gasteiger partial charge in [-0.05, 0) is 24.0 Å². The molecule has 2 aliphatic rings. The van der Waals surface area contributed by atoms with Gasteiger partial charge in [0.2, 0.25) is 5.91 Å². The average molecular weight is 257 g/mol. The summed E-state index contributed by atoms with van der Waals surface area (Å²) in [5.41, 5.74) is -0.390. The normalized spacial score (nSPS) is 34.4. The van der Waals surface area contributed by atoms with Gasteiger partial charge in [0, 0.05) is 11.8 Å². The first-order chi connectivity index (χ1) is 7.94. The summed E-state index contributed by atoms with van der Waals surface area (Å²) in [6, 6.07) is 0. The van der Waals surface area contributed by atoms with E-state index in [-0.39, 0.29) is 11.8 Å². The van der Waals surface area contributed by atoms with Crippen LogP contribution in [0.1, 0.15) is 26.7 Å². The Morgan fingerprint density at radius 2 is 2.12 bits per heavy atom. The maximum atomic E-state index is 11.9. The molecule has 3 atom stereocenters. The molecule has 2 N–H and O–H groups in total. The average Bonchev–Trinajstić information content (AvgIpc) is 2.65. The predicted molar refractivity (Wildman–Crippen MR) is 66.9 cm³/mol. The smallest absolute Gasteiger partial charge is 0.307 e. The van der Waals surface area contributed by atoms with Crippen LogP contribution < -0.4 is 5.32 Å². The van der Waals surface area contributed by atoms with E-state index >= 15 is 0 Å². The van der Waals surface area contributed by atoms with E-state index in [4.69, 9.17) is 5.11 Å². The van der Waals surface area contributed by atoms with Crippen molar-refractivity contribution in [2.45, 2.75) is 31.9 Å². The van der Waals surface area contributed by atoms with Gasteiger partial charge in [-0.3, -0.25) is 9.59 Å². The lowest BCUT2D eigenvalue weighted by atomic mass is 10.1. The van der Waals surface area contributed by atoms with Crippen LogP contribution >= 0.6 is 11.8 Å². The van der Waals surface area contributed by atoms with Gasteiger partial charge in [-0.15, -0.1) is 0 Å². The Labute approximate surface area is 106 Å². The summed E-state index contributed by atoms with van der Waals surface area (Å²) < 4.78 is 0. The number of thioether (sulfide) groups is 1. The van der Waals surface area contributed by atoms with E-state index in [1.54, 1.807) is 0 Å². The third kappa shape index (κ3) is 2.44. The van der Waals surface area contributed by atoms with Crippen molar-refractivity contribution >= 4 is 23.6 Å². The van der Waals surface area contributed by atoms with Gasteiger partial charge in [0.1, 0.15) is 0 Å². The highest BCUT2D eigenvalue weighted by Gasteiger charge is 2.65. The monoisotopic (exact) mass is 257 g/mol. The van der Waals surface area contributed by atoms with Gasteiger partial charge in [0.05, 0.1) is 11.8 Å². The van der Waals surface area contributed by atoms with Gasteiger partial charge in [-0.2, -0.15) is 11.8 Å². The first kappa shape index (κ1) is 12.7. The van der Waals surface area contributed by atoms with Crippen molar-refractivity contribution in [2.24, 2.45) is 17.3 Å². The van der Waals surface area contributed by atoms with Crippen molar-refractivity contribution in [3.63, 3.8) is 0 Å². The Balaban J connectivity index is 1.82. The van der Waals surface area contributed by atoms with Crippen LogP contribution in [-0.2, 0) is 9.59 Å². The number of carboxylic acids is 1. The fourth-order valence-electron chi connectivity index (χ4n) is 2.72. The second kappa shape index (κ2) is 4.52. The number of nitrogens with one attached hydrogen (secondary N) is 1. The molecule has 0 bridgehead atoms. The molecule has 0 aromatic carbocycles. The SMILES string of the molecule is CC1(C)[C@H](C(=O)O)[C@@H]1C(=O)NCC1CCCS1. The van der Waals surface area contributed by atoms with Crippen LogP contribution in [0.15, 0.2) is 0 Å². The Morgan fingerprint density at radius 3 is 2.59 bits per heavy atom. The number of rotatable bonds is 4. The van der Waals surface area contributed by atoms with Crippen molar-refractivity contribution in [1.29, 1.82) is 0 Å². The molecule has 0 aromatic heterocycles. The molecule has 0 spiro atoms. The highest BCUT2D eigenvalue weighted by Crippen LogP contribution is 2.58. The quantitative estimate of drug-likeness (QED) is 0.798. The molecule has 4 nitrogen and oxygen atoms in total. The minimum absolute atomic E-state index is 0.0881. The predicted octanol–water partition coefficient (Wildman–Crippen LogP) is 1.35. The zero-order valence-corrected chi connectivity index (χ0v) is 11.0. The molecule has 1 saturated carbocycles. The van der Waals surface area contributed by atoms with Crippen molar-refractivity contribution in [1.82, 2.24) is 5.32 Å². The third-order valence-electron chi connectivity index (χ3n) is 3.90. The van der Waals surface area contributed by atoms with E-state index < -0.39 is 17.3 Å². The van der Waals surface area contributed by atoms with E-state index in [9.17, 15) is 9.59 Å². The number of aliphatic carboxylic acids is 1. The number of carbonyl (C=O) groups excluding carboxylic acids is 1. The number of carboxylic acid groups (broad SMARTS) is 1. The van der Waals surface area contributed by atoms with Crippen molar-refractivity contribution in [2.75, 3.05) is 12.3 Å². The van der Waals surface area contributed by atoms with Crippen LogP contribution in [0.3, 0.4) is 0 Å². The Morgan fingerprint density at radius 1 is 1.41 bits per heavy atom. The number of hydrogen-bond acceptors (Lipinski definition) is 3. The molecular formula is C12H19NO3S. The summed E-state index contributed by atoms with van der Waals surface area (Å²) in [6.45, 7) is 4.38. The molecule has 5 heteroatoms. The molecule has 1 aliphatic carbocycles. The van der Waals surface area contributed by atoms with E-state index in [1.807, 2.05) is 25.6 Å². The molecule has 2 fully saturated rings. The lowest BCUT2D eigenvalue weighted by molar-refractivity contribution is -0.140. The standard InChI is InChI=1S/C12H19NO3S/c1-12(2)8(9(12)11(15)16)10(14)13-6-7-4-3-5-17-7/h7-9H,3-6H2,1-2H3,(H,13,14)(H,15,16)/t7?,8-,9+/m1/s1. The number of carbonyl (C=O) groups is 2. The molecule has 17 heavy (non-hydrogen) atoms. The minimum atomic E-state index is -0.856. The molecule has 1 aliphatic heterocycles. The minimum Gasteiger partial charge on any atom is -0.481 e. The highest BCUT2D eigenvalue weighted by molar-refractivity contribution is 8.00. The maximum Gasteiger partial charge on any atom is 0.307 e. The van der Waals surface area contributed by atoms with Gasteiger partial charge in [-0.1, -0.05) is 13.8 Å². The topological polar surface area (TPSA) is 66.4 Å². The lowest BCUT2D eigenvalue weighted by Gasteiger charge is -2.10. The van der Waals surface area contributed by atoms with E-state index in [1.165, 1.54) is 12.2 Å². The molecular weight excluding hydrogens is 238 g/mol. The van der Waals surface area contributed by atoms with Crippen molar-refractivity contribution < 1.29 is 14.7 Å². The van der Waals surface area contributed by atoms with Crippen LogP contribution in [-0.4, -0.2) is 34.5 Å². The zero-order chi connectivity index (χ0) is 12.6. The summed E-state index contributed by atoms with van der Waals surface area (Å²) in [5.74, 6) is -0.641. The highest BCUT2D eigenvalue weighted by atomic mass is 32.2. The second-order valence-electron chi connectivity index (χ2n) is 5.50. The van der Waals surface area contributed by atoms with Crippen LogP contribution in [0, 0.1) is 17.3 Å². The Kier molecular flexibility index (Phi) is 3.39. The summed E-state index contributed by atoms with van der Waals surface area (Å²) >= 11 is 1.89. The van der Waals surface area contributed by atoms with Gasteiger partial charge < -0.3 is 10.4 Å². The van der Waals surface area contributed by atoms with Crippen LogP contribution in [0.4, 0.5) is 0 Å². The van der Waals surface area contributed by atoms with Crippen molar-refractivity contribution in [3.05, 3.63) is 0 Å². The lowest BCUT2D eigenvalue weighted by Crippen LogP contribution is -2.32. The van der Waals surface area contributed by atoms with Gasteiger partial charge in [0.25, 0.3) is 0 Å². The largest absolute Gasteiger partial charge is 0.481 e. The maximum absolute atomic E-state index is 11.9. The number of amides is 1. The molecule has 1 heterocycles. The van der Waals surface area contributed by atoms with Gasteiger partial charge in [0.15, 0.2) is 0 Å². The van der Waals surface area contributed by atoms with Crippen molar-refractivity contribution in [3.8, 4) is 0 Å². The molecule has 1 saturated heterocycles. The molecule has 1 unspecified atom stereocenters. The first-order valence-corrected chi connectivity index (χ1v) is 7.11. The Bertz CT molecular complexity index is 337. The molecule has 2 rings (SSSR count). The van der Waals surface area contributed by atoms with Crippen LogP contribution in [0.25, 0.3) is 0 Å². The number of hydrogen-bond donors (Lipinski definition) is 2. The van der Waals surface area contributed by atoms with Gasteiger partial charge >= 0.3 is 5.97 Å². The van der Waals surface area contributed by atoms with E-state index in [0.29, 0.717) is 11.8 Å². The molecule has 0 radical (unpaired) electrons. The molecule has 96 valence electrons. The fourth-order valence-corrected chi connectivity index (χ4v) is 3.92. The molecule has 1 amide bonds. The van der Waals surface area contributed by atoms with Crippen LogP contribution in [0.2, 0.25) is 0 Å². The zero-order valence-electron chi connectivity index (χ0n) is 10.2. The third-order valence-corrected chi connectivity index (χ3v) is 5.30. The van der Waals surface area contributed by atoms with E-state index in [2.05, 4.69) is 5.32 Å². The van der Waals surface area contributed by atoms with Gasteiger partial charge in [-0.25, -0.2) is 0 Å². The summed E-state index contributed by atoms with van der Waals surface area (Å²) in [5, 5.41) is 12.4. The fraction of sp³-hybridized carbons (Fsp3) is 0.833.